The molecule has 0 spiro atoms. The van der Waals surface area contributed by atoms with Crippen LogP contribution >= 0.6 is 0 Å². The normalized spacial score (nSPS) is 12.6. The van der Waals surface area contributed by atoms with Gasteiger partial charge in [0.2, 0.25) is 5.91 Å². The molecule has 4 heteroatoms. The average Bonchev–Trinajstić information content (AvgIpc) is 2.73. The van der Waals surface area contributed by atoms with E-state index in [9.17, 15) is 9.59 Å². The van der Waals surface area contributed by atoms with Gasteiger partial charge >= 0.3 is 0 Å². The Morgan fingerprint density at radius 2 is 1.55 bits per heavy atom. The molecule has 0 bridgehead atoms. The van der Waals surface area contributed by atoms with E-state index in [1.165, 1.54) is 44.8 Å². The maximum atomic E-state index is 12.2. The van der Waals surface area contributed by atoms with Crippen LogP contribution in [0.15, 0.2) is 54.6 Å². The van der Waals surface area contributed by atoms with E-state index in [1.807, 2.05) is 0 Å². The zero-order chi connectivity index (χ0) is 20.4. The lowest BCUT2D eigenvalue weighted by molar-refractivity contribution is -0.122. The monoisotopic (exact) mass is 386 g/mol. The summed E-state index contributed by atoms with van der Waals surface area (Å²) in [7, 11) is 1.73. The number of carbonyl (C=O) groups is 2. The van der Waals surface area contributed by atoms with Gasteiger partial charge in [0.05, 0.1) is 6.04 Å². The summed E-state index contributed by atoms with van der Waals surface area (Å²) >= 11 is 0. The van der Waals surface area contributed by atoms with Gasteiger partial charge in [0.1, 0.15) is 5.78 Å². The van der Waals surface area contributed by atoms with Crippen molar-refractivity contribution in [2.75, 3.05) is 13.6 Å². The highest BCUT2D eigenvalue weighted by atomic mass is 16.1. The molecule has 0 saturated carbocycles. The van der Waals surface area contributed by atoms with Gasteiger partial charge in [-0.3, -0.25) is 9.59 Å². The van der Waals surface area contributed by atoms with Gasteiger partial charge in [-0.2, -0.15) is 0 Å². The second-order valence-electron chi connectivity index (χ2n) is 7.69. The molecule has 0 radical (unpaired) electrons. The van der Waals surface area contributed by atoms with E-state index in [-0.39, 0.29) is 17.7 Å². The molecule has 0 saturated heterocycles. The summed E-state index contributed by atoms with van der Waals surface area (Å²) in [6.07, 6.45) is 2.08. The van der Waals surface area contributed by atoms with Crippen LogP contribution in [0.4, 0.5) is 0 Å². The Kier molecular flexibility index (Phi) is 5.45. The van der Waals surface area contributed by atoms with Gasteiger partial charge in [-0.1, -0.05) is 54.6 Å². The number of rotatable bonds is 8. The molecule has 0 fully saturated rings. The van der Waals surface area contributed by atoms with Gasteiger partial charge in [-0.25, -0.2) is 0 Å². The Bertz CT molecular complexity index is 1170. The average molecular weight is 386 g/mol. The fourth-order valence-electron chi connectivity index (χ4n) is 4.21. The van der Waals surface area contributed by atoms with Crippen LogP contribution in [0, 0.1) is 0 Å². The molecular formula is C25H26N2O2. The molecule has 0 aliphatic carbocycles. The fourth-order valence-corrected chi connectivity index (χ4v) is 4.21. The topological polar surface area (TPSA) is 58.2 Å². The maximum absolute atomic E-state index is 12.2. The van der Waals surface area contributed by atoms with Crippen LogP contribution in [0.1, 0.15) is 25.3 Å². The quantitative estimate of drug-likeness (QED) is 0.446. The number of amides is 1. The molecule has 0 aromatic heterocycles. The fraction of sp³-hybridized carbons (Fsp3) is 0.280. The highest BCUT2D eigenvalue weighted by molar-refractivity contribution is 6.23. The molecular weight excluding hydrogens is 360 g/mol. The van der Waals surface area contributed by atoms with E-state index in [4.69, 9.17) is 0 Å². The zero-order valence-corrected chi connectivity index (χ0v) is 16.9. The van der Waals surface area contributed by atoms with Crippen LogP contribution in [-0.4, -0.2) is 31.3 Å². The van der Waals surface area contributed by atoms with Gasteiger partial charge in [-0.15, -0.1) is 0 Å². The standard InChI is InChI=1S/C25H26N2O2/c1-16(28)22(26-2)15-27-23(29)8-4-5-17-9-10-20-12-11-18-6-3-7-19-13-14-21(17)25(20)24(18)19/h3,6-7,9-14,22,26H,4-5,8,15H2,1-2H3,(H,27,29)/t22-/m0/s1. The van der Waals surface area contributed by atoms with Crippen molar-refractivity contribution < 1.29 is 9.59 Å². The summed E-state index contributed by atoms with van der Waals surface area (Å²) in [5.74, 6) is 0.0191. The highest BCUT2D eigenvalue weighted by Crippen LogP contribution is 2.36. The van der Waals surface area contributed by atoms with Crippen LogP contribution in [0.25, 0.3) is 32.3 Å². The van der Waals surface area contributed by atoms with E-state index >= 15 is 0 Å². The van der Waals surface area contributed by atoms with E-state index in [0.29, 0.717) is 13.0 Å². The molecule has 0 aliphatic heterocycles. The smallest absolute Gasteiger partial charge is 0.220 e. The molecule has 1 amide bonds. The first-order valence-electron chi connectivity index (χ1n) is 10.2. The lowest BCUT2D eigenvalue weighted by atomic mass is 9.90. The number of ketones is 1. The predicted molar refractivity (Wildman–Crippen MR) is 120 cm³/mol. The first-order valence-corrected chi connectivity index (χ1v) is 10.2. The molecule has 0 heterocycles. The van der Waals surface area contributed by atoms with Crippen molar-refractivity contribution in [1.82, 2.24) is 10.6 Å². The summed E-state index contributed by atoms with van der Waals surface area (Å²) in [5.41, 5.74) is 1.28. The second-order valence-corrected chi connectivity index (χ2v) is 7.69. The summed E-state index contributed by atoms with van der Waals surface area (Å²) < 4.78 is 0. The molecule has 4 aromatic carbocycles. The Balaban J connectivity index is 1.49. The molecule has 2 N–H and O–H groups in total. The molecule has 1 atom stereocenters. The SMILES string of the molecule is CN[C@@H](CNC(=O)CCCc1ccc2ccc3cccc4ccc1c2c34)C(C)=O. The Morgan fingerprint density at radius 3 is 2.24 bits per heavy atom. The van der Waals surface area contributed by atoms with Crippen LogP contribution in [0.3, 0.4) is 0 Å². The van der Waals surface area contributed by atoms with Crippen molar-refractivity contribution in [1.29, 1.82) is 0 Å². The van der Waals surface area contributed by atoms with Gasteiger partial charge in [0.15, 0.2) is 0 Å². The van der Waals surface area contributed by atoms with Crippen LogP contribution < -0.4 is 10.6 Å². The lowest BCUT2D eigenvalue weighted by Crippen LogP contribution is -2.43. The molecule has 4 aromatic rings. The molecule has 4 rings (SSSR count). The molecule has 0 aliphatic rings. The number of benzene rings is 4. The van der Waals surface area contributed by atoms with Crippen molar-refractivity contribution >= 4 is 44.0 Å². The largest absolute Gasteiger partial charge is 0.354 e. The van der Waals surface area contributed by atoms with Crippen LogP contribution in [0.5, 0.6) is 0 Å². The molecule has 148 valence electrons. The van der Waals surface area contributed by atoms with Gasteiger partial charge in [-0.05, 0) is 64.7 Å². The maximum Gasteiger partial charge on any atom is 0.220 e. The lowest BCUT2D eigenvalue weighted by Gasteiger charge is -2.15. The second kappa shape index (κ2) is 8.18. The van der Waals surface area contributed by atoms with E-state index in [2.05, 4.69) is 65.2 Å². The third kappa shape index (κ3) is 3.81. The zero-order valence-electron chi connectivity index (χ0n) is 16.9. The van der Waals surface area contributed by atoms with Gasteiger partial charge < -0.3 is 10.6 Å². The van der Waals surface area contributed by atoms with Crippen molar-refractivity contribution in [3.63, 3.8) is 0 Å². The Hall–Kier alpha value is -2.98. The number of hydrogen-bond donors (Lipinski definition) is 2. The molecule has 4 nitrogen and oxygen atoms in total. The van der Waals surface area contributed by atoms with E-state index in [1.54, 1.807) is 7.05 Å². The van der Waals surface area contributed by atoms with E-state index in [0.717, 1.165) is 12.8 Å². The third-order valence-electron chi connectivity index (χ3n) is 5.81. The van der Waals surface area contributed by atoms with Crippen molar-refractivity contribution in [3.05, 3.63) is 60.2 Å². The van der Waals surface area contributed by atoms with Gasteiger partial charge in [0, 0.05) is 13.0 Å². The molecule has 0 unspecified atom stereocenters. The summed E-state index contributed by atoms with van der Waals surface area (Å²) in [6, 6.07) is 19.3. The highest BCUT2D eigenvalue weighted by Gasteiger charge is 2.13. The van der Waals surface area contributed by atoms with E-state index < -0.39 is 0 Å². The van der Waals surface area contributed by atoms with Crippen molar-refractivity contribution in [2.24, 2.45) is 0 Å². The number of hydrogen-bond acceptors (Lipinski definition) is 3. The number of Topliss-reactive ketones (excluding diaryl/α,β-unsaturated/α-hetero) is 1. The molecule has 29 heavy (non-hydrogen) atoms. The first-order chi connectivity index (χ1) is 14.1. The number of carbonyl (C=O) groups excluding carboxylic acids is 2. The van der Waals surface area contributed by atoms with Crippen LogP contribution in [-0.2, 0) is 16.0 Å². The summed E-state index contributed by atoms with van der Waals surface area (Å²) in [4.78, 5) is 23.6. The third-order valence-corrected chi connectivity index (χ3v) is 5.81. The number of nitrogens with one attached hydrogen (secondary N) is 2. The van der Waals surface area contributed by atoms with Crippen LogP contribution in [0.2, 0.25) is 0 Å². The van der Waals surface area contributed by atoms with Crippen molar-refractivity contribution in [2.45, 2.75) is 32.2 Å². The van der Waals surface area contributed by atoms with Gasteiger partial charge in [0.25, 0.3) is 0 Å². The summed E-state index contributed by atoms with van der Waals surface area (Å²) in [6.45, 7) is 1.87. The Labute approximate surface area is 170 Å². The minimum Gasteiger partial charge on any atom is -0.354 e. The number of likely N-dealkylation sites (N-methyl/N-ethyl adjacent to an activating group) is 1. The summed E-state index contributed by atoms with van der Waals surface area (Å²) in [5, 5.41) is 13.5. The number of aryl methyl sites for hydroxylation is 1. The van der Waals surface area contributed by atoms with Crippen molar-refractivity contribution in [3.8, 4) is 0 Å². The minimum absolute atomic E-state index is 0.00999. The Morgan fingerprint density at radius 1 is 0.897 bits per heavy atom. The first kappa shape index (κ1) is 19.3. The predicted octanol–water partition coefficient (Wildman–Crippen LogP) is 4.20. The minimum atomic E-state index is -0.323.